The number of hydrogen-bond acceptors (Lipinski definition) is 6. The van der Waals surface area contributed by atoms with Gasteiger partial charge in [0, 0.05) is 23.9 Å². The number of thioether (sulfide) groups is 2. The number of nitrogens with one attached hydrogen (secondary N) is 1. The van der Waals surface area contributed by atoms with Crippen LogP contribution in [0.2, 0.25) is 0 Å². The highest BCUT2D eigenvalue weighted by molar-refractivity contribution is 8.00. The number of fused-ring (bicyclic) bond motifs is 1. The Morgan fingerprint density at radius 1 is 1.27 bits per heavy atom. The molecule has 6 nitrogen and oxygen atoms in total. The summed E-state index contributed by atoms with van der Waals surface area (Å²) in [5.74, 6) is 1.50. The Morgan fingerprint density at radius 2 is 2.10 bits per heavy atom. The highest BCUT2D eigenvalue weighted by Gasteiger charge is 2.23. The largest absolute Gasteiger partial charge is 0.497 e. The van der Waals surface area contributed by atoms with E-state index in [9.17, 15) is 9.59 Å². The van der Waals surface area contributed by atoms with E-state index in [-0.39, 0.29) is 17.2 Å². The van der Waals surface area contributed by atoms with Gasteiger partial charge < -0.3 is 10.1 Å². The molecule has 0 atom stereocenters. The Balaban J connectivity index is 1.64. The summed E-state index contributed by atoms with van der Waals surface area (Å²) in [6.07, 6.45) is 0.761. The van der Waals surface area contributed by atoms with Gasteiger partial charge >= 0.3 is 0 Å². The molecule has 1 amide bonds. The zero-order valence-electron chi connectivity index (χ0n) is 16.7. The van der Waals surface area contributed by atoms with E-state index >= 15 is 0 Å². The first-order valence-electron chi connectivity index (χ1n) is 9.48. The fourth-order valence-electron chi connectivity index (χ4n) is 3.20. The van der Waals surface area contributed by atoms with Crippen molar-refractivity contribution in [2.45, 2.75) is 23.4 Å². The summed E-state index contributed by atoms with van der Waals surface area (Å²) in [4.78, 5) is 31.2. The van der Waals surface area contributed by atoms with Crippen LogP contribution in [-0.4, -0.2) is 34.1 Å². The molecule has 0 saturated carbocycles. The van der Waals surface area contributed by atoms with Gasteiger partial charge in [-0.3, -0.25) is 14.2 Å². The second kappa shape index (κ2) is 8.97. The van der Waals surface area contributed by atoms with Gasteiger partial charge in [-0.05, 0) is 30.7 Å². The Kier molecular flexibility index (Phi) is 6.15. The van der Waals surface area contributed by atoms with Gasteiger partial charge in [0.15, 0.2) is 5.16 Å². The topological polar surface area (TPSA) is 73.2 Å². The molecule has 0 fully saturated rings. The number of anilines is 1. The second-order valence-corrected chi connectivity index (χ2v) is 8.81. The molecule has 1 N–H and O–H groups in total. The molecule has 2 heterocycles. The highest BCUT2D eigenvalue weighted by Crippen LogP contribution is 2.30. The Labute approximate surface area is 183 Å². The number of hydrogen-bond donors (Lipinski definition) is 1. The summed E-state index contributed by atoms with van der Waals surface area (Å²) >= 11 is 2.79. The van der Waals surface area contributed by atoms with E-state index in [1.165, 1.54) is 23.5 Å². The quantitative estimate of drug-likeness (QED) is 0.463. The number of aromatic nitrogens is 2. The minimum atomic E-state index is -0.143. The van der Waals surface area contributed by atoms with Crippen LogP contribution in [0.25, 0.3) is 5.69 Å². The third kappa shape index (κ3) is 4.24. The predicted molar refractivity (Wildman–Crippen MR) is 121 cm³/mol. The Hall–Kier alpha value is -2.71. The van der Waals surface area contributed by atoms with Crippen LogP contribution >= 0.6 is 23.5 Å². The van der Waals surface area contributed by atoms with Crippen LogP contribution in [0.15, 0.2) is 63.4 Å². The lowest BCUT2D eigenvalue weighted by Gasteiger charge is -2.14. The standard InChI is InChI=1S/C22H21N3O3S2/c1-14-6-3-4-9-17(14)23-19(26)13-30-22-24-18-10-11-29-20(18)21(27)25(22)15-7-5-8-16(12-15)28-2/h3-9,12H,10-11,13H2,1-2H3,(H,23,26). The average molecular weight is 440 g/mol. The molecule has 0 bridgehead atoms. The smallest absolute Gasteiger partial charge is 0.272 e. The molecule has 4 rings (SSSR count). The van der Waals surface area contributed by atoms with E-state index in [0.717, 1.165) is 29.1 Å². The lowest BCUT2D eigenvalue weighted by molar-refractivity contribution is -0.113. The molecule has 0 spiro atoms. The summed E-state index contributed by atoms with van der Waals surface area (Å²) in [5.41, 5.74) is 3.16. The van der Waals surface area contributed by atoms with Gasteiger partial charge in [0.2, 0.25) is 5.91 Å². The number of nitrogens with zero attached hydrogens (tertiary/aromatic N) is 2. The second-order valence-electron chi connectivity index (χ2n) is 6.76. The van der Waals surface area contributed by atoms with Crippen molar-refractivity contribution in [3.05, 3.63) is 70.1 Å². The number of aryl methyl sites for hydroxylation is 2. The van der Waals surface area contributed by atoms with Crippen LogP contribution in [0.1, 0.15) is 11.3 Å². The molecule has 30 heavy (non-hydrogen) atoms. The molecule has 2 aromatic carbocycles. The van der Waals surface area contributed by atoms with Crippen LogP contribution in [-0.2, 0) is 11.2 Å². The zero-order valence-corrected chi connectivity index (χ0v) is 18.3. The number of ether oxygens (including phenoxy) is 1. The molecule has 3 aromatic rings. The SMILES string of the molecule is COc1cccc(-n2c(SCC(=O)Nc3ccccc3C)nc3c(c2=O)SCC3)c1. The number of amides is 1. The van der Waals surface area contributed by atoms with Crippen molar-refractivity contribution >= 4 is 35.1 Å². The lowest BCUT2D eigenvalue weighted by Crippen LogP contribution is -2.24. The third-order valence-corrected chi connectivity index (χ3v) is 6.78. The van der Waals surface area contributed by atoms with Gasteiger partial charge in [-0.2, -0.15) is 0 Å². The van der Waals surface area contributed by atoms with Gasteiger partial charge in [-0.1, -0.05) is 36.0 Å². The summed E-state index contributed by atoms with van der Waals surface area (Å²) in [6, 6.07) is 14.9. The number of rotatable bonds is 6. The molecule has 0 aliphatic carbocycles. The normalized spacial score (nSPS) is 12.5. The maximum Gasteiger partial charge on any atom is 0.272 e. The monoisotopic (exact) mass is 439 g/mol. The van der Waals surface area contributed by atoms with E-state index in [1.54, 1.807) is 17.7 Å². The van der Waals surface area contributed by atoms with Gasteiger partial charge in [0.1, 0.15) is 5.75 Å². The zero-order chi connectivity index (χ0) is 21.1. The van der Waals surface area contributed by atoms with Gasteiger partial charge in [-0.25, -0.2) is 4.98 Å². The number of carbonyl (C=O) groups excluding carboxylic acids is 1. The molecule has 0 unspecified atom stereocenters. The number of para-hydroxylation sites is 1. The summed E-state index contributed by atoms with van der Waals surface area (Å²) in [5, 5.41) is 3.43. The molecule has 1 aliphatic heterocycles. The maximum absolute atomic E-state index is 13.2. The average Bonchev–Trinajstić information content (AvgIpc) is 3.23. The van der Waals surface area contributed by atoms with Crippen molar-refractivity contribution in [2.75, 3.05) is 23.9 Å². The molecule has 1 aromatic heterocycles. The van der Waals surface area contributed by atoms with Crippen LogP contribution in [0.3, 0.4) is 0 Å². The minimum Gasteiger partial charge on any atom is -0.497 e. The van der Waals surface area contributed by atoms with E-state index in [0.29, 0.717) is 21.5 Å². The van der Waals surface area contributed by atoms with E-state index in [4.69, 9.17) is 9.72 Å². The molecule has 0 saturated heterocycles. The highest BCUT2D eigenvalue weighted by atomic mass is 32.2. The fraction of sp³-hybridized carbons (Fsp3) is 0.227. The van der Waals surface area contributed by atoms with Gasteiger partial charge in [0.05, 0.1) is 29.1 Å². The van der Waals surface area contributed by atoms with Crippen molar-refractivity contribution in [1.82, 2.24) is 9.55 Å². The van der Waals surface area contributed by atoms with Crippen molar-refractivity contribution in [3.8, 4) is 11.4 Å². The van der Waals surface area contributed by atoms with Crippen molar-refractivity contribution < 1.29 is 9.53 Å². The van der Waals surface area contributed by atoms with E-state index < -0.39 is 0 Å². The van der Waals surface area contributed by atoms with Crippen LogP contribution in [0.4, 0.5) is 5.69 Å². The first-order chi connectivity index (χ1) is 14.6. The van der Waals surface area contributed by atoms with Crippen molar-refractivity contribution in [1.29, 1.82) is 0 Å². The first-order valence-corrected chi connectivity index (χ1v) is 11.5. The summed E-state index contributed by atoms with van der Waals surface area (Å²) in [6.45, 7) is 1.95. The molecule has 1 aliphatic rings. The number of carbonyl (C=O) groups is 1. The third-order valence-electron chi connectivity index (χ3n) is 4.73. The van der Waals surface area contributed by atoms with Crippen LogP contribution in [0, 0.1) is 6.92 Å². The van der Waals surface area contributed by atoms with E-state index in [2.05, 4.69) is 5.32 Å². The lowest BCUT2D eigenvalue weighted by atomic mass is 10.2. The van der Waals surface area contributed by atoms with Gasteiger partial charge in [0.25, 0.3) is 5.56 Å². The predicted octanol–water partition coefficient (Wildman–Crippen LogP) is 3.93. The molecule has 154 valence electrons. The van der Waals surface area contributed by atoms with E-state index in [1.807, 2.05) is 49.4 Å². The van der Waals surface area contributed by atoms with Crippen molar-refractivity contribution in [2.24, 2.45) is 0 Å². The molecule has 0 radical (unpaired) electrons. The number of benzene rings is 2. The minimum absolute atomic E-state index is 0.0995. The molecular weight excluding hydrogens is 418 g/mol. The molecule has 8 heteroatoms. The summed E-state index contributed by atoms with van der Waals surface area (Å²) in [7, 11) is 1.59. The van der Waals surface area contributed by atoms with Crippen LogP contribution in [0.5, 0.6) is 5.75 Å². The Morgan fingerprint density at radius 3 is 2.90 bits per heavy atom. The molecular formula is C22H21N3O3S2. The number of methoxy groups -OCH3 is 1. The van der Waals surface area contributed by atoms with Gasteiger partial charge in [-0.15, -0.1) is 11.8 Å². The Bertz CT molecular complexity index is 1160. The maximum atomic E-state index is 13.2. The first kappa shape index (κ1) is 20.6. The van der Waals surface area contributed by atoms with Crippen LogP contribution < -0.4 is 15.6 Å². The fourth-order valence-corrected chi connectivity index (χ4v) is 5.05. The summed E-state index contributed by atoms with van der Waals surface area (Å²) < 4.78 is 6.89. The van der Waals surface area contributed by atoms with Crippen molar-refractivity contribution in [3.63, 3.8) is 0 Å².